The Hall–Kier alpha value is -0.150. The third-order valence-corrected chi connectivity index (χ3v) is 2.86. The van der Waals surface area contributed by atoms with Gasteiger partial charge in [0.2, 0.25) is 0 Å². The second-order valence-electron chi connectivity index (χ2n) is 2.44. The Bertz CT molecular complexity index is 252. The Labute approximate surface area is 81.6 Å². The van der Waals surface area contributed by atoms with Crippen molar-refractivity contribution < 1.29 is 0 Å². The summed E-state index contributed by atoms with van der Waals surface area (Å²) >= 11 is 1.90. The lowest BCUT2D eigenvalue weighted by atomic mass is 10.3. The molecule has 1 aliphatic heterocycles. The molecule has 0 aliphatic carbocycles. The van der Waals surface area contributed by atoms with Crippen molar-refractivity contribution in [3.05, 3.63) is 24.3 Å². The van der Waals surface area contributed by atoms with Crippen molar-refractivity contribution in [1.82, 2.24) is 0 Å². The highest BCUT2D eigenvalue weighted by molar-refractivity contribution is 8.93. The van der Waals surface area contributed by atoms with Crippen molar-refractivity contribution in [3.8, 4) is 0 Å². The number of hydrogen-bond donors (Lipinski definition) is 0. The maximum atomic E-state index is 2.26. The Balaban J connectivity index is 0.000000605. The first-order valence-corrected chi connectivity index (χ1v) is 4.29. The summed E-state index contributed by atoms with van der Waals surface area (Å²) in [5.41, 5.74) is 1.37. The van der Waals surface area contributed by atoms with Crippen LogP contribution in [0.5, 0.6) is 0 Å². The van der Waals surface area contributed by atoms with E-state index in [4.69, 9.17) is 0 Å². The first kappa shape index (κ1) is 8.94. The molecule has 1 heterocycles. The van der Waals surface area contributed by atoms with Crippen LogP contribution >= 0.6 is 28.7 Å². The molecule has 3 heteroatoms. The summed E-state index contributed by atoms with van der Waals surface area (Å²) in [6.45, 7) is 0. The van der Waals surface area contributed by atoms with Crippen molar-refractivity contribution in [1.29, 1.82) is 0 Å². The van der Waals surface area contributed by atoms with E-state index in [2.05, 4.69) is 36.2 Å². The van der Waals surface area contributed by atoms with Gasteiger partial charge >= 0.3 is 0 Å². The summed E-state index contributed by atoms with van der Waals surface area (Å²) in [7, 11) is 2.12. The predicted molar refractivity (Wildman–Crippen MR) is 55.9 cm³/mol. The van der Waals surface area contributed by atoms with E-state index >= 15 is 0 Å². The summed E-state index contributed by atoms with van der Waals surface area (Å²) in [6.07, 6.45) is 0. The monoisotopic (exact) mass is 231 g/mol. The molecule has 1 aliphatic rings. The zero-order chi connectivity index (χ0) is 6.97. The molecule has 0 N–H and O–H groups in total. The second-order valence-corrected chi connectivity index (χ2v) is 3.43. The molecule has 1 nitrogen and oxygen atoms in total. The predicted octanol–water partition coefficient (Wildman–Crippen LogP) is 2.76. The quantitative estimate of drug-likeness (QED) is 0.676. The molecule has 0 fully saturated rings. The molecule has 11 heavy (non-hydrogen) atoms. The fourth-order valence-electron chi connectivity index (χ4n) is 1.13. The largest absolute Gasteiger partial charge is 0.364 e. The molecular formula is C8H10BrNS. The number of fused-ring (bicyclic) bond motifs is 1. The van der Waals surface area contributed by atoms with Crippen molar-refractivity contribution in [2.45, 2.75) is 4.90 Å². The molecule has 0 spiro atoms. The molecule has 0 bridgehead atoms. The standard InChI is InChI=1S/C8H9NS.BrH/c1-9-6-10-8-5-3-2-4-7(8)9;/h2-5H,6H2,1H3;1H. The lowest BCUT2D eigenvalue weighted by Crippen LogP contribution is -2.10. The summed E-state index contributed by atoms with van der Waals surface area (Å²) in [4.78, 5) is 3.67. The molecule has 60 valence electrons. The molecule has 2 rings (SSSR count). The highest BCUT2D eigenvalue weighted by Crippen LogP contribution is 2.36. The summed E-state index contributed by atoms with van der Waals surface area (Å²) < 4.78 is 0. The van der Waals surface area contributed by atoms with Crippen LogP contribution in [0, 0.1) is 0 Å². The highest BCUT2D eigenvalue weighted by atomic mass is 79.9. The van der Waals surface area contributed by atoms with Crippen LogP contribution in [0.3, 0.4) is 0 Å². The Morgan fingerprint density at radius 2 is 2.09 bits per heavy atom. The van der Waals surface area contributed by atoms with Crippen molar-refractivity contribution >= 4 is 34.4 Å². The van der Waals surface area contributed by atoms with Gasteiger partial charge in [0.1, 0.15) is 0 Å². The lowest BCUT2D eigenvalue weighted by Gasteiger charge is -2.08. The third kappa shape index (κ3) is 1.54. The van der Waals surface area contributed by atoms with Crippen LogP contribution in [0.25, 0.3) is 0 Å². The molecule has 0 radical (unpaired) electrons. The van der Waals surface area contributed by atoms with Crippen LogP contribution in [-0.2, 0) is 0 Å². The minimum Gasteiger partial charge on any atom is -0.364 e. The number of hydrogen-bond acceptors (Lipinski definition) is 2. The van der Waals surface area contributed by atoms with Gasteiger partial charge in [-0.05, 0) is 12.1 Å². The number of nitrogens with zero attached hydrogens (tertiary/aromatic N) is 1. The lowest BCUT2D eigenvalue weighted by molar-refractivity contribution is 1.10. The van der Waals surface area contributed by atoms with Crippen LogP contribution in [0.15, 0.2) is 29.2 Å². The summed E-state index contributed by atoms with van der Waals surface area (Å²) in [5.74, 6) is 1.10. The van der Waals surface area contributed by atoms with E-state index in [1.54, 1.807) is 0 Å². The first-order chi connectivity index (χ1) is 4.88. The van der Waals surface area contributed by atoms with E-state index < -0.39 is 0 Å². The topological polar surface area (TPSA) is 3.24 Å². The molecule has 0 saturated heterocycles. The molecular weight excluding hydrogens is 222 g/mol. The van der Waals surface area contributed by atoms with E-state index in [9.17, 15) is 0 Å². The normalized spacial score (nSPS) is 14.1. The average molecular weight is 232 g/mol. The maximum Gasteiger partial charge on any atom is 0.0683 e. The second kappa shape index (κ2) is 3.50. The van der Waals surface area contributed by atoms with Gasteiger partial charge in [0.05, 0.1) is 11.6 Å². The number of para-hydroxylation sites is 1. The van der Waals surface area contributed by atoms with Crippen molar-refractivity contribution in [2.24, 2.45) is 0 Å². The minimum atomic E-state index is 0. The molecule has 0 amide bonds. The minimum absolute atomic E-state index is 0. The van der Waals surface area contributed by atoms with Gasteiger partial charge in [0, 0.05) is 11.9 Å². The van der Waals surface area contributed by atoms with Gasteiger partial charge in [-0.25, -0.2) is 0 Å². The highest BCUT2D eigenvalue weighted by Gasteiger charge is 2.13. The first-order valence-electron chi connectivity index (χ1n) is 3.31. The average Bonchev–Trinajstić information content (AvgIpc) is 2.34. The number of halogens is 1. The van der Waals surface area contributed by atoms with Gasteiger partial charge in [0.25, 0.3) is 0 Å². The Morgan fingerprint density at radius 3 is 2.82 bits per heavy atom. The SMILES string of the molecule is Br.CN1CSc2ccccc21. The third-order valence-electron chi connectivity index (χ3n) is 1.69. The Kier molecular flexibility index (Phi) is 2.84. The summed E-state index contributed by atoms with van der Waals surface area (Å²) in [6, 6.07) is 8.50. The van der Waals surface area contributed by atoms with Gasteiger partial charge in [-0.2, -0.15) is 0 Å². The molecule has 1 aromatic rings. The number of anilines is 1. The van der Waals surface area contributed by atoms with Gasteiger partial charge < -0.3 is 4.90 Å². The fourth-order valence-corrected chi connectivity index (χ4v) is 2.15. The van der Waals surface area contributed by atoms with Gasteiger partial charge in [-0.1, -0.05) is 12.1 Å². The van der Waals surface area contributed by atoms with Crippen LogP contribution in [0.1, 0.15) is 0 Å². The fraction of sp³-hybridized carbons (Fsp3) is 0.250. The Morgan fingerprint density at radius 1 is 1.36 bits per heavy atom. The van der Waals surface area contributed by atoms with Crippen LogP contribution in [-0.4, -0.2) is 12.9 Å². The van der Waals surface area contributed by atoms with E-state index in [0.717, 1.165) is 5.88 Å². The molecule has 0 saturated carbocycles. The van der Waals surface area contributed by atoms with Gasteiger partial charge in [-0.15, -0.1) is 28.7 Å². The zero-order valence-electron chi connectivity index (χ0n) is 6.28. The number of rotatable bonds is 0. The van der Waals surface area contributed by atoms with E-state index in [1.807, 2.05) is 11.8 Å². The molecule has 1 aromatic carbocycles. The van der Waals surface area contributed by atoms with E-state index in [0.29, 0.717) is 0 Å². The number of thioether (sulfide) groups is 1. The summed E-state index contributed by atoms with van der Waals surface area (Å²) in [5, 5.41) is 0. The molecule has 0 atom stereocenters. The van der Waals surface area contributed by atoms with Crippen molar-refractivity contribution in [2.75, 3.05) is 17.8 Å². The van der Waals surface area contributed by atoms with Crippen LogP contribution in [0.4, 0.5) is 5.69 Å². The zero-order valence-corrected chi connectivity index (χ0v) is 8.81. The maximum absolute atomic E-state index is 2.26. The van der Waals surface area contributed by atoms with Crippen LogP contribution < -0.4 is 4.90 Å². The van der Waals surface area contributed by atoms with E-state index in [1.165, 1.54) is 10.6 Å². The smallest absolute Gasteiger partial charge is 0.0683 e. The van der Waals surface area contributed by atoms with Gasteiger partial charge in [0.15, 0.2) is 0 Å². The number of benzene rings is 1. The van der Waals surface area contributed by atoms with Crippen LogP contribution in [0.2, 0.25) is 0 Å². The van der Waals surface area contributed by atoms with Gasteiger partial charge in [-0.3, -0.25) is 0 Å². The van der Waals surface area contributed by atoms with Crippen molar-refractivity contribution in [3.63, 3.8) is 0 Å². The van der Waals surface area contributed by atoms with E-state index in [-0.39, 0.29) is 17.0 Å². The molecule has 0 aromatic heterocycles. The molecule has 0 unspecified atom stereocenters.